The summed E-state index contributed by atoms with van der Waals surface area (Å²) in [6, 6.07) is 19.0. The fourth-order valence-electron chi connectivity index (χ4n) is 2.45. The van der Waals surface area contributed by atoms with Crippen LogP contribution in [0, 0.1) is 0 Å². The Bertz CT molecular complexity index is 637. The van der Waals surface area contributed by atoms with E-state index < -0.39 is 0 Å². The third-order valence-corrected chi connectivity index (χ3v) is 3.72. The van der Waals surface area contributed by atoms with Crippen LogP contribution in [-0.2, 0) is 12.8 Å². The molecule has 1 aromatic heterocycles. The molecular weight excluding hydrogens is 254 g/mol. The largest absolute Gasteiger partial charge is 0.361 e. The molecule has 0 fully saturated rings. The first kappa shape index (κ1) is 15.4. The third-order valence-electron chi connectivity index (χ3n) is 3.72. The van der Waals surface area contributed by atoms with E-state index in [0.29, 0.717) is 0 Å². The van der Waals surface area contributed by atoms with E-state index in [0.717, 1.165) is 6.42 Å². The summed E-state index contributed by atoms with van der Waals surface area (Å²) in [5, 5.41) is 1.36. The van der Waals surface area contributed by atoms with Crippen molar-refractivity contribution in [1.82, 2.24) is 4.98 Å². The second-order valence-corrected chi connectivity index (χ2v) is 5.30. The van der Waals surface area contributed by atoms with Crippen molar-refractivity contribution in [2.24, 2.45) is 0 Å². The Labute approximate surface area is 128 Å². The summed E-state index contributed by atoms with van der Waals surface area (Å²) >= 11 is 0. The van der Waals surface area contributed by atoms with Gasteiger partial charge in [-0.3, -0.25) is 0 Å². The van der Waals surface area contributed by atoms with Crippen molar-refractivity contribution in [2.45, 2.75) is 39.5 Å². The number of aromatic amines is 1. The number of aryl methyl sites for hydroxylation is 2. The molecule has 0 saturated heterocycles. The Morgan fingerprint density at radius 1 is 0.857 bits per heavy atom. The minimum Gasteiger partial charge on any atom is -0.361 e. The van der Waals surface area contributed by atoms with Crippen molar-refractivity contribution in [2.75, 3.05) is 0 Å². The summed E-state index contributed by atoms with van der Waals surface area (Å²) in [4.78, 5) is 3.24. The third kappa shape index (κ3) is 4.49. The highest BCUT2D eigenvalue weighted by atomic mass is 14.7. The fourth-order valence-corrected chi connectivity index (χ4v) is 2.45. The van der Waals surface area contributed by atoms with Gasteiger partial charge in [-0.05, 0) is 36.5 Å². The predicted molar refractivity (Wildman–Crippen MR) is 92.7 cm³/mol. The monoisotopic (exact) mass is 279 g/mol. The van der Waals surface area contributed by atoms with Crippen LogP contribution in [0.3, 0.4) is 0 Å². The van der Waals surface area contributed by atoms with Crippen LogP contribution in [0.15, 0.2) is 60.8 Å². The van der Waals surface area contributed by atoms with Gasteiger partial charge in [0, 0.05) is 17.1 Å². The number of unbranched alkanes of at least 4 members (excludes halogenated alkanes) is 1. The topological polar surface area (TPSA) is 15.8 Å². The van der Waals surface area contributed by atoms with Crippen molar-refractivity contribution in [3.8, 4) is 0 Å². The van der Waals surface area contributed by atoms with Crippen molar-refractivity contribution >= 4 is 10.9 Å². The summed E-state index contributed by atoms with van der Waals surface area (Å²) in [7, 11) is 0. The average molecular weight is 279 g/mol. The Morgan fingerprint density at radius 2 is 1.57 bits per heavy atom. The molecule has 0 unspecified atom stereocenters. The average Bonchev–Trinajstić information content (AvgIpc) is 2.98. The first-order valence-electron chi connectivity index (χ1n) is 7.94. The number of hydrogen-bond donors (Lipinski definition) is 1. The van der Waals surface area contributed by atoms with E-state index >= 15 is 0 Å². The number of rotatable bonds is 4. The predicted octanol–water partition coefficient (Wildman–Crippen LogP) is 5.76. The SMILES string of the molecule is CCCCc1ccccc1.CCc1c[nH]c2ccccc12. The van der Waals surface area contributed by atoms with Gasteiger partial charge >= 0.3 is 0 Å². The second-order valence-electron chi connectivity index (χ2n) is 5.30. The van der Waals surface area contributed by atoms with E-state index in [9.17, 15) is 0 Å². The zero-order valence-corrected chi connectivity index (χ0v) is 13.1. The fraction of sp³-hybridized carbons (Fsp3) is 0.300. The zero-order chi connectivity index (χ0) is 14.9. The molecule has 0 atom stereocenters. The van der Waals surface area contributed by atoms with E-state index in [1.807, 2.05) is 0 Å². The molecule has 0 aliphatic rings. The van der Waals surface area contributed by atoms with Gasteiger partial charge in [0.25, 0.3) is 0 Å². The van der Waals surface area contributed by atoms with Gasteiger partial charge in [-0.25, -0.2) is 0 Å². The van der Waals surface area contributed by atoms with Gasteiger partial charge in [-0.1, -0.05) is 68.8 Å². The van der Waals surface area contributed by atoms with Crippen LogP contribution in [0.2, 0.25) is 0 Å². The number of nitrogens with one attached hydrogen (secondary N) is 1. The summed E-state index contributed by atoms with van der Waals surface area (Å²) in [6.45, 7) is 4.40. The molecule has 1 nitrogen and oxygen atoms in total. The van der Waals surface area contributed by atoms with Crippen LogP contribution >= 0.6 is 0 Å². The molecule has 0 saturated carbocycles. The minimum atomic E-state index is 1.10. The van der Waals surface area contributed by atoms with E-state index in [2.05, 4.69) is 79.6 Å². The molecule has 3 aromatic rings. The summed E-state index contributed by atoms with van der Waals surface area (Å²) in [5.74, 6) is 0. The zero-order valence-electron chi connectivity index (χ0n) is 13.1. The Morgan fingerprint density at radius 3 is 2.29 bits per heavy atom. The van der Waals surface area contributed by atoms with Crippen molar-refractivity contribution in [3.05, 3.63) is 71.9 Å². The Kier molecular flexibility index (Phi) is 6.08. The normalized spacial score (nSPS) is 10.2. The van der Waals surface area contributed by atoms with Crippen LogP contribution in [0.4, 0.5) is 0 Å². The number of aromatic nitrogens is 1. The molecule has 1 heteroatoms. The molecule has 3 rings (SSSR count). The second kappa shape index (κ2) is 8.31. The van der Waals surface area contributed by atoms with Crippen LogP contribution < -0.4 is 0 Å². The standard InChI is InChI=1S/C10H11N.C10H14/c1-2-8-7-11-10-6-4-3-5-9(8)10;1-2-3-7-10-8-5-4-6-9-10/h3-7,11H,2H2,1H3;4-6,8-9H,2-3,7H2,1H3. The lowest BCUT2D eigenvalue weighted by atomic mass is 10.1. The molecule has 0 aliphatic carbocycles. The molecule has 0 bridgehead atoms. The van der Waals surface area contributed by atoms with Gasteiger partial charge in [0.05, 0.1) is 0 Å². The van der Waals surface area contributed by atoms with Gasteiger partial charge in [-0.2, -0.15) is 0 Å². The number of fused-ring (bicyclic) bond motifs is 1. The lowest BCUT2D eigenvalue weighted by Gasteiger charge is -1.96. The minimum absolute atomic E-state index is 1.10. The van der Waals surface area contributed by atoms with Crippen LogP contribution in [0.1, 0.15) is 37.8 Å². The van der Waals surface area contributed by atoms with E-state index in [4.69, 9.17) is 0 Å². The van der Waals surface area contributed by atoms with E-state index in [1.165, 1.54) is 41.3 Å². The molecule has 0 amide bonds. The quantitative estimate of drug-likeness (QED) is 0.625. The first-order chi connectivity index (χ1) is 10.3. The molecule has 2 aromatic carbocycles. The molecular formula is C20H25N. The number of hydrogen-bond acceptors (Lipinski definition) is 0. The smallest absolute Gasteiger partial charge is 0.0456 e. The highest BCUT2D eigenvalue weighted by molar-refractivity contribution is 5.82. The van der Waals surface area contributed by atoms with Crippen LogP contribution in [-0.4, -0.2) is 4.98 Å². The highest BCUT2D eigenvalue weighted by Crippen LogP contribution is 2.17. The van der Waals surface area contributed by atoms with Crippen LogP contribution in [0.5, 0.6) is 0 Å². The molecule has 1 heterocycles. The van der Waals surface area contributed by atoms with E-state index in [-0.39, 0.29) is 0 Å². The molecule has 0 aliphatic heterocycles. The molecule has 21 heavy (non-hydrogen) atoms. The molecule has 110 valence electrons. The molecule has 0 radical (unpaired) electrons. The summed E-state index contributed by atoms with van der Waals surface area (Å²) in [5.41, 5.74) is 4.11. The maximum atomic E-state index is 3.24. The van der Waals surface area contributed by atoms with Crippen molar-refractivity contribution < 1.29 is 0 Å². The van der Waals surface area contributed by atoms with Gasteiger partial charge in [0.1, 0.15) is 0 Å². The van der Waals surface area contributed by atoms with Gasteiger partial charge in [0.2, 0.25) is 0 Å². The maximum Gasteiger partial charge on any atom is 0.0456 e. The van der Waals surface area contributed by atoms with Gasteiger partial charge in [0.15, 0.2) is 0 Å². The lowest BCUT2D eigenvalue weighted by molar-refractivity contribution is 0.795. The van der Waals surface area contributed by atoms with Crippen LogP contribution in [0.25, 0.3) is 10.9 Å². The number of H-pyrrole nitrogens is 1. The van der Waals surface area contributed by atoms with Crippen molar-refractivity contribution in [1.29, 1.82) is 0 Å². The Balaban J connectivity index is 0.000000155. The Hall–Kier alpha value is -2.02. The lowest BCUT2D eigenvalue weighted by Crippen LogP contribution is -1.81. The summed E-state index contributed by atoms with van der Waals surface area (Å²) < 4.78 is 0. The first-order valence-corrected chi connectivity index (χ1v) is 7.94. The van der Waals surface area contributed by atoms with Gasteiger partial charge in [-0.15, -0.1) is 0 Å². The van der Waals surface area contributed by atoms with Crippen molar-refractivity contribution in [3.63, 3.8) is 0 Å². The summed E-state index contributed by atoms with van der Waals surface area (Å²) in [6.07, 6.45) is 7.02. The van der Waals surface area contributed by atoms with E-state index in [1.54, 1.807) is 0 Å². The highest BCUT2D eigenvalue weighted by Gasteiger charge is 1.98. The van der Waals surface area contributed by atoms with Gasteiger partial charge < -0.3 is 4.98 Å². The number of benzene rings is 2. The maximum absolute atomic E-state index is 3.24. The molecule has 0 spiro atoms. The number of para-hydroxylation sites is 1. The molecule has 1 N–H and O–H groups in total.